The Morgan fingerprint density at radius 3 is 2.76 bits per heavy atom. The predicted molar refractivity (Wildman–Crippen MR) is 143 cm³/mol. The molecule has 0 bridgehead atoms. The number of ether oxygens (including phenoxy) is 1. The lowest BCUT2D eigenvalue weighted by molar-refractivity contribution is 0.0697. The molecule has 186 valence electrons. The van der Waals surface area contributed by atoms with Gasteiger partial charge in [-0.2, -0.15) is 0 Å². The third-order valence-electron chi connectivity index (χ3n) is 5.78. The Morgan fingerprint density at radius 2 is 1.95 bits per heavy atom. The zero-order valence-electron chi connectivity index (χ0n) is 20.2. The first kappa shape index (κ1) is 24.0. The monoisotopic (exact) mass is 494 g/mol. The van der Waals surface area contributed by atoms with Crippen molar-refractivity contribution >= 4 is 22.6 Å². The molecule has 0 saturated carbocycles. The van der Waals surface area contributed by atoms with Gasteiger partial charge in [-0.1, -0.05) is 18.2 Å². The number of H-pyrrole nitrogens is 1. The number of aromatic carboxylic acids is 1. The van der Waals surface area contributed by atoms with E-state index in [9.17, 15) is 9.90 Å². The molecule has 0 atom stereocenters. The second-order valence-electron chi connectivity index (χ2n) is 8.53. The topological polar surface area (TPSA) is 139 Å². The van der Waals surface area contributed by atoms with Gasteiger partial charge in [-0.05, 0) is 55.5 Å². The average molecular weight is 495 g/mol. The number of carboxylic acid groups (broad SMARTS) is 1. The number of fused-ring (bicyclic) bond motifs is 1. The van der Waals surface area contributed by atoms with E-state index in [1.54, 1.807) is 24.4 Å². The van der Waals surface area contributed by atoms with Crippen molar-refractivity contribution in [1.82, 2.24) is 19.9 Å². The van der Waals surface area contributed by atoms with Crippen molar-refractivity contribution in [2.45, 2.75) is 13.5 Å². The molecule has 0 aliphatic carbocycles. The molecule has 0 fully saturated rings. The van der Waals surface area contributed by atoms with Crippen LogP contribution in [0.25, 0.3) is 33.5 Å². The maximum Gasteiger partial charge on any atom is 0.335 e. The number of aromatic nitrogens is 4. The minimum absolute atomic E-state index is 0.217. The summed E-state index contributed by atoms with van der Waals surface area (Å²) in [6, 6.07) is 20.4. The first-order valence-corrected chi connectivity index (χ1v) is 11.8. The molecule has 0 radical (unpaired) electrons. The highest BCUT2D eigenvalue weighted by Crippen LogP contribution is 2.32. The fourth-order valence-corrected chi connectivity index (χ4v) is 4.05. The van der Waals surface area contributed by atoms with E-state index in [0.717, 1.165) is 39.2 Å². The maximum absolute atomic E-state index is 11.3. The number of aromatic amines is 1. The van der Waals surface area contributed by atoms with E-state index >= 15 is 0 Å². The minimum Gasteiger partial charge on any atom is -0.491 e. The van der Waals surface area contributed by atoms with E-state index in [1.165, 1.54) is 0 Å². The van der Waals surface area contributed by atoms with Crippen molar-refractivity contribution in [2.75, 3.05) is 18.5 Å². The van der Waals surface area contributed by atoms with Crippen LogP contribution in [-0.2, 0) is 6.54 Å². The number of hydrogen-bond acceptors (Lipinski definition) is 7. The maximum atomic E-state index is 11.3. The Morgan fingerprint density at radius 1 is 1.08 bits per heavy atom. The van der Waals surface area contributed by atoms with Crippen LogP contribution in [0, 0.1) is 6.92 Å². The highest BCUT2D eigenvalue weighted by Gasteiger charge is 2.16. The van der Waals surface area contributed by atoms with E-state index in [1.807, 2.05) is 55.5 Å². The molecular formula is C28H26N6O3. The quantitative estimate of drug-likeness (QED) is 0.232. The molecule has 3 aromatic heterocycles. The summed E-state index contributed by atoms with van der Waals surface area (Å²) >= 11 is 0. The number of hydrogen-bond donors (Lipinski definition) is 4. The number of anilines is 1. The molecule has 9 nitrogen and oxygen atoms in total. The normalized spacial score (nSPS) is 11.0. The molecule has 0 unspecified atom stereocenters. The summed E-state index contributed by atoms with van der Waals surface area (Å²) < 4.78 is 5.65. The van der Waals surface area contributed by atoms with Gasteiger partial charge in [-0.15, -0.1) is 0 Å². The summed E-state index contributed by atoms with van der Waals surface area (Å²) in [4.78, 5) is 28.8. The van der Waals surface area contributed by atoms with Crippen LogP contribution < -0.4 is 15.8 Å². The third-order valence-corrected chi connectivity index (χ3v) is 5.78. The number of carbonyl (C=O) groups is 1. The van der Waals surface area contributed by atoms with E-state index in [-0.39, 0.29) is 5.56 Å². The first-order chi connectivity index (χ1) is 18.0. The molecule has 5 N–H and O–H groups in total. The standard InChI is InChI=1S/C28H26N6O3/c1-17-4-2-7-24(32-17)27-26(18-8-9-23-20(12-18)14-22(15-31-23)37-11-10-29)33-25(34-27)16-30-21-6-3-5-19(13-21)28(35)36/h2-9,12-15,30H,10-11,16,29H2,1H3,(H,33,34)(H,35,36). The van der Waals surface area contributed by atoms with E-state index in [2.05, 4.69) is 15.3 Å². The molecule has 0 aliphatic heterocycles. The van der Waals surface area contributed by atoms with Crippen LogP contribution >= 0.6 is 0 Å². The van der Waals surface area contributed by atoms with Gasteiger partial charge in [0.1, 0.15) is 23.9 Å². The largest absolute Gasteiger partial charge is 0.491 e. The van der Waals surface area contributed by atoms with Crippen LogP contribution in [0.15, 0.2) is 72.9 Å². The summed E-state index contributed by atoms with van der Waals surface area (Å²) in [7, 11) is 0. The average Bonchev–Trinajstić information content (AvgIpc) is 3.35. The molecule has 9 heteroatoms. The van der Waals surface area contributed by atoms with Crippen molar-refractivity contribution in [1.29, 1.82) is 0 Å². The number of carboxylic acids is 1. The molecule has 0 amide bonds. The summed E-state index contributed by atoms with van der Waals surface area (Å²) in [6.07, 6.45) is 1.69. The van der Waals surface area contributed by atoms with E-state index in [4.69, 9.17) is 20.4 Å². The molecule has 0 aliphatic rings. The smallest absolute Gasteiger partial charge is 0.335 e. The van der Waals surface area contributed by atoms with Crippen molar-refractivity contribution in [3.8, 4) is 28.4 Å². The SMILES string of the molecule is Cc1cccc(-c2nc(CNc3cccc(C(=O)O)c3)[nH]c2-c2ccc3ncc(OCCN)cc3c2)n1. The summed E-state index contributed by atoms with van der Waals surface area (Å²) in [5.74, 6) is 0.375. The Bertz CT molecular complexity index is 1580. The van der Waals surface area contributed by atoms with Gasteiger partial charge in [0.15, 0.2) is 0 Å². The van der Waals surface area contributed by atoms with Gasteiger partial charge < -0.3 is 25.9 Å². The van der Waals surface area contributed by atoms with Gasteiger partial charge in [0.2, 0.25) is 0 Å². The third kappa shape index (κ3) is 5.41. The Kier molecular flexibility index (Phi) is 6.78. The fourth-order valence-electron chi connectivity index (χ4n) is 4.05. The van der Waals surface area contributed by atoms with E-state index in [0.29, 0.717) is 37.0 Å². The van der Waals surface area contributed by atoms with Gasteiger partial charge >= 0.3 is 5.97 Å². The summed E-state index contributed by atoms with van der Waals surface area (Å²) in [5, 5.41) is 13.5. The van der Waals surface area contributed by atoms with Gasteiger partial charge in [-0.3, -0.25) is 9.97 Å². The van der Waals surface area contributed by atoms with Crippen molar-refractivity contribution in [2.24, 2.45) is 5.73 Å². The number of imidazole rings is 1. The van der Waals surface area contributed by atoms with E-state index < -0.39 is 5.97 Å². The Balaban J connectivity index is 1.52. The van der Waals surface area contributed by atoms with Gasteiger partial charge in [0, 0.05) is 28.9 Å². The fraction of sp³-hybridized carbons (Fsp3) is 0.143. The summed E-state index contributed by atoms with van der Waals surface area (Å²) in [5.41, 5.74) is 11.4. The lowest BCUT2D eigenvalue weighted by Crippen LogP contribution is -2.10. The highest BCUT2D eigenvalue weighted by molar-refractivity contribution is 5.89. The van der Waals surface area contributed by atoms with Crippen LogP contribution in [0.4, 0.5) is 5.69 Å². The predicted octanol–water partition coefficient (Wildman–Crippen LogP) is 4.64. The van der Waals surface area contributed by atoms with Crippen molar-refractivity contribution < 1.29 is 14.6 Å². The number of pyridine rings is 2. The number of nitrogens with two attached hydrogens (primary N) is 1. The number of nitrogens with zero attached hydrogens (tertiary/aromatic N) is 3. The van der Waals surface area contributed by atoms with Crippen molar-refractivity contribution in [3.05, 3.63) is 90.0 Å². The van der Waals surface area contributed by atoms with Crippen molar-refractivity contribution in [3.63, 3.8) is 0 Å². The van der Waals surface area contributed by atoms with Crippen LogP contribution in [0.5, 0.6) is 5.75 Å². The molecule has 5 rings (SSSR count). The zero-order chi connectivity index (χ0) is 25.8. The molecule has 2 aromatic carbocycles. The van der Waals surface area contributed by atoms with Crippen LogP contribution in [-0.4, -0.2) is 44.2 Å². The molecule has 3 heterocycles. The highest BCUT2D eigenvalue weighted by atomic mass is 16.5. The minimum atomic E-state index is -0.973. The second-order valence-corrected chi connectivity index (χ2v) is 8.53. The number of benzene rings is 2. The number of nitrogens with one attached hydrogen (secondary N) is 2. The number of aryl methyl sites for hydroxylation is 1. The zero-order valence-corrected chi connectivity index (χ0v) is 20.2. The van der Waals surface area contributed by atoms with Gasteiger partial charge in [0.05, 0.1) is 35.2 Å². The molecule has 0 saturated heterocycles. The Labute approximate surface area is 213 Å². The van der Waals surface area contributed by atoms with Crippen LogP contribution in [0.2, 0.25) is 0 Å². The lowest BCUT2D eigenvalue weighted by atomic mass is 10.1. The second kappa shape index (κ2) is 10.5. The van der Waals surface area contributed by atoms with Gasteiger partial charge in [0.25, 0.3) is 0 Å². The van der Waals surface area contributed by atoms with Gasteiger partial charge in [-0.25, -0.2) is 9.78 Å². The van der Waals surface area contributed by atoms with Crippen LogP contribution in [0.3, 0.4) is 0 Å². The lowest BCUT2D eigenvalue weighted by Gasteiger charge is -2.08. The molecule has 5 aromatic rings. The molecule has 37 heavy (non-hydrogen) atoms. The number of rotatable bonds is 9. The Hall–Kier alpha value is -4.76. The first-order valence-electron chi connectivity index (χ1n) is 11.8. The van der Waals surface area contributed by atoms with Crippen LogP contribution in [0.1, 0.15) is 21.9 Å². The molecular weight excluding hydrogens is 468 g/mol. The summed E-state index contributed by atoms with van der Waals surface area (Å²) in [6.45, 7) is 3.16. The molecule has 0 spiro atoms.